The van der Waals surface area contributed by atoms with Crippen LogP contribution in [-0.4, -0.2) is 22.5 Å². The van der Waals surface area contributed by atoms with E-state index in [4.69, 9.17) is 10.2 Å². The van der Waals surface area contributed by atoms with Crippen molar-refractivity contribution in [2.24, 2.45) is 5.18 Å². The van der Waals surface area contributed by atoms with E-state index in [1.807, 2.05) is 0 Å². The Morgan fingerprint density at radius 3 is 2.12 bits per heavy atom. The molecule has 48 valence electrons. The van der Waals surface area contributed by atoms with Crippen LogP contribution in [0.15, 0.2) is 5.18 Å². The maximum absolute atomic E-state index is 9.61. The molecule has 2 N–H and O–H groups in total. The predicted octanol–water partition coefficient (Wildman–Crippen LogP) is -0.158. The second kappa shape index (κ2) is 3.51. The molecule has 0 aliphatic heterocycles. The van der Waals surface area contributed by atoms with Gasteiger partial charge in [0, 0.05) is 0 Å². The quantitative estimate of drug-likeness (QED) is 0.400. The van der Waals surface area contributed by atoms with Crippen LogP contribution in [0.1, 0.15) is 13.3 Å². The van der Waals surface area contributed by atoms with Crippen molar-refractivity contribution in [2.45, 2.75) is 25.7 Å². The molecule has 0 radical (unpaired) electrons. The van der Waals surface area contributed by atoms with Crippen LogP contribution in [0.5, 0.6) is 0 Å². The minimum Gasteiger partial charge on any atom is -0.366 e. The summed E-state index contributed by atoms with van der Waals surface area (Å²) in [5.41, 5.74) is 0. The zero-order valence-corrected chi connectivity index (χ0v) is 4.61. The molecule has 0 aliphatic rings. The smallest absolute Gasteiger partial charge is 0.177 e. The summed E-state index contributed by atoms with van der Waals surface area (Å²) in [6.45, 7) is 1.66. The van der Waals surface area contributed by atoms with Gasteiger partial charge in [0.2, 0.25) is 0 Å². The molecule has 4 nitrogen and oxygen atoms in total. The number of hydrogen-bond donors (Lipinski definition) is 2. The van der Waals surface area contributed by atoms with Crippen molar-refractivity contribution in [2.75, 3.05) is 0 Å². The van der Waals surface area contributed by atoms with Crippen molar-refractivity contribution in [3.63, 3.8) is 0 Å². The fraction of sp³-hybridized carbons (Fsp3) is 1.00. The summed E-state index contributed by atoms with van der Waals surface area (Å²) in [5.74, 6) is 0. The monoisotopic (exact) mass is 119 g/mol. The molecule has 1 atom stereocenters. The summed E-state index contributed by atoms with van der Waals surface area (Å²) in [6.07, 6.45) is -1.24. The molecule has 4 heteroatoms. The summed E-state index contributed by atoms with van der Waals surface area (Å²) < 4.78 is 0. The summed E-state index contributed by atoms with van der Waals surface area (Å²) in [7, 11) is 0. The molecule has 0 bridgehead atoms. The molecule has 0 amide bonds. The fourth-order valence-electron chi connectivity index (χ4n) is 0.340. The third-order valence-electron chi connectivity index (χ3n) is 0.898. The van der Waals surface area contributed by atoms with Crippen molar-refractivity contribution in [1.29, 1.82) is 0 Å². The zero-order valence-electron chi connectivity index (χ0n) is 4.61. The van der Waals surface area contributed by atoms with Crippen LogP contribution in [0.25, 0.3) is 0 Å². The largest absolute Gasteiger partial charge is 0.366 e. The normalized spacial score (nSPS) is 14.0. The Morgan fingerprint density at radius 2 is 2.12 bits per heavy atom. The van der Waals surface area contributed by atoms with Crippen molar-refractivity contribution >= 4 is 0 Å². The van der Waals surface area contributed by atoms with Crippen molar-refractivity contribution in [3.05, 3.63) is 4.91 Å². The highest BCUT2D eigenvalue weighted by atomic mass is 16.5. The Bertz CT molecular complexity index is 73.7. The van der Waals surface area contributed by atoms with Crippen LogP contribution in [-0.2, 0) is 0 Å². The lowest BCUT2D eigenvalue weighted by Crippen LogP contribution is -2.21. The van der Waals surface area contributed by atoms with E-state index in [0.29, 0.717) is 6.42 Å². The van der Waals surface area contributed by atoms with Gasteiger partial charge in [-0.3, -0.25) is 0 Å². The minimum atomic E-state index is -1.60. The Kier molecular flexibility index (Phi) is 3.30. The molecular weight excluding hydrogens is 110 g/mol. The van der Waals surface area contributed by atoms with Crippen LogP contribution < -0.4 is 0 Å². The lowest BCUT2D eigenvalue weighted by Gasteiger charge is -2.05. The van der Waals surface area contributed by atoms with Crippen molar-refractivity contribution < 1.29 is 10.2 Å². The summed E-state index contributed by atoms with van der Waals surface area (Å²) in [4.78, 5) is 9.61. The third kappa shape index (κ3) is 1.99. The Morgan fingerprint density at radius 1 is 1.62 bits per heavy atom. The van der Waals surface area contributed by atoms with E-state index < -0.39 is 12.3 Å². The van der Waals surface area contributed by atoms with Crippen molar-refractivity contribution in [3.8, 4) is 0 Å². The van der Waals surface area contributed by atoms with E-state index in [9.17, 15) is 4.91 Å². The van der Waals surface area contributed by atoms with Gasteiger partial charge in [-0.2, -0.15) is 4.91 Å². The van der Waals surface area contributed by atoms with E-state index in [-0.39, 0.29) is 0 Å². The average molecular weight is 119 g/mol. The lowest BCUT2D eigenvalue weighted by atomic mass is 10.2. The third-order valence-corrected chi connectivity index (χ3v) is 0.898. The second-order valence-corrected chi connectivity index (χ2v) is 1.49. The Balaban J connectivity index is 3.51. The molecule has 8 heavy (non-hydrogen) atoms. The second-order valence-electron chi connectivity index (χ2n) is 1.49. The molecule has 0 rings (SSSR count). The number of nitroso groups, excluding NO2 is 1. The Hall–Kier alpha value is -0.480. The molecule has 0 saturated carbocycles. The standard InChI is InChI=1S/C4H9NO3/c1-2-3(5-8)4(6)7/h3-4,6-7H,2H2,1H3. The van der Waals surface area contributed by atoms with Crippen molar-refractivity contribution in [1.82, 2.24) is 0 Å². The number of aliphatic hydroxyl groups is 2. The van der Waals surface area contributed by atoms with Crippen LogP contribution >= 0.6 is 0 Å². The first-order valence-electron chi connectivity index (χ1n) is 2.41. The maximum Gasteiger partial charge on any atom is 0.177 e. The number of rotatable bonds is 3. The highest BCUT2D eigenvalue weighted by Crippen LogP contribution is 1.99. The van der Waals surface area contributed by atoms with Gasteiger partial charge < -0.3 is 10.2 Å². The first-order valence-corrected chi connectivity index (χ1v) is 2.41. The molecular formula is C4H9NO3. The van der Waals surface area contributed by atoms with Gasteiger partial charge in [-0.15, -0.1) is 0 Å². The summed E-state index contributed by atoms with van der Waals surface area (Å²) in [6, 6.07) is -0.866. The maximum atomic E-state index is 9.61. The van der Waals surface area contributed by atoms with E-state index >= 15 is 0 Å². The lowest BCUT2D eigenvalue weighted by molar-refractivity contribution is -0.0582. The summed E-state index contributed by atoms with van der Waals surface area (Å²) >= 11 is 0. The molecule has 0 aromatic carbocycles. The number of aliphatic hydroxyl groups excluding tert-OH is 1. The van der Waals surface area contributed by atoms with Gasteiger partial charge in [0.1, 0.15) is 6.04 Å². The highest BCUT2D eigenvalue weighted by molar-refractivity contribution is 4.63. The van der Waals surface area contributed by atoms with E-state index in [0.717, 1.165) is 0 Å². The molecule has 0 aromatic heterocycles. The first-order chi connectivity index (χ1) is 3.72. The van der Waals surface area contributed by atoms with E-state index in [1.54, 1.807) is 6.92 Å². The van der Waals surface area contributed by atoms with Gasteiger partial charge in [0.05, 0.1) is 0 Å². The van der Waals surface area contributed by atoms with Crippen LogP contribution in [0.3, 0.4) is 0 Å². The van der Waals surface area contributed by atoms with E-state index in [1.165, 1.54) is 0 Å². The van der Waals surface area contributed by atoms with E-state index in [2.05, 4.69) is 5.18 Å². The average Bonchev–Trinajstić information content (AvgIpc) is 1.69. The predicted molar refractivity (Wildman–Crippen MR) is 28.1 cm³/mol. The first kappa shape index (κ1) is 7.52. The SMILES string of the molecule is CCC(N=O)C(O)O. The Labute approximate surface area is 47.1 Å². The molecule has 1 unspecified atom stereocenters. The van der Waals surface area contributed by atoms with Gasteiger partial charge in [0.25, 0.3) is 0 Å². The van der Waals surface area contributed by atoms with Gasteiger partial charge in [-0.25, -0.2) is 0 Å². The van der Waals surface area contributed by atoms with Crippen LogP contribution in [0, 0.1) is 4.91 Å². The molecule has 0 fully saturated rings. The highest BCUT2D eigenvalue weighted by Gasteiger charge is 2.12. The van der Waals surface area contributed by atoms with Gasteiger partial charge >= 0.3 is 0 Å². The molecule has 0 heterocycles. The molecule has 0 aromatic rings. The van der Waals surface area contributed by atoms with Gasteiger partial charge in [-0.05, 0) is 6.42 Å². The summed E-state index contributed by atoms with van der Waals surface area (Å²) in [5, 5.41) is 19.0. The fourth-order valence-corrected chi connectivity index (χ4v) is 0.340. The molecule has 0 aliphatic carbocycles. The zero-order chi connectivity index (χ0) is 6.57. The number of hydrogen-bond acceptors (Lipinski definition) is 4. The van der Waals surface area contributed by atoms with Gasteiger partial charge in [0.15, 0.2) is 6.29 Å². The topological polar surface area (TPSA) is 69.9 Å². The van der Waals surface area contributed by atoms with Crippen LogP contribution in [0.4, 0.5) is 0 Å². The number of nitrogens with zero attached hydrogens (tertiary/aromatic N) is 1. The van der Waals surface area contributed by atoms with Crippen LogP contribution in [0.2, 0.25) is 0 Å². The molecule has 0 spiro atoms. The molecule has 0 saturated heterocycles. The van der Waals surface area contributed by atoms with Gasteiger partial charge in [-0.1, -0.05) is 12.1 Å². The minimum absolute atomic E-state index is 0.362.